The Balaban J connectivity index is 2.08. The molecule has 0 amide bonds. The summed E-state index contributed by atoms with van der Waals surface area (Å²) in [5.74, 6) is 0.542. The van der Waals surface area contributed by atoms with Gasteiger partial charge in [-0.15, -0.1) is 0 Å². The van der Waals surface area contributed by atoms with Crippen molar-refractivity contribution in [1.82, 2.24) is 4.98 Å². The number of nitrogens with zero attached hydrogens (tertiary/aromatic N) is 1. The number of phenolic OH excluding ortho intramolecular Hbond substituents is 1. The molecule has 0 bridgehead atoms. The Hall–Kier alpha value is -2.29. The SMILES string of the molecule is CC(c1cc[n+](C)cc1)c1ccc2[nH]ccc2c1O. The Morgan fingerprint density at radius 3 is 2.58 bits per heavy atom. The number of hydrogen-bond acceptors (Lipinski definition) is 1. The molecule has 1 atom stereocenters. The molecular weight excluding hydrogens is 236 g/mol. The van der Waals surface area contributed by atoms with Gasteiger partial charge in [-0.05, 0) is 17.7 Å². The lowest BCUT2D eigenvalue weighted by Gasteiger charge is -2.14. The molecule has 0 fully saturated rings. The Bertz CT molecular complexity index is 713. The Morgan fingerprint density at radius 1 is 1.11 bits per heavy atom. The van der Waals surface area contributed by atoms with E-state index in [9.17, 15) is 5.11 Å². The first-order chi connectivity index (χ1) is 9.16. The van der Waals surface area contributed by atoms with Crippen molar-refractivity contribution in [1.29, 1.82) is 0 Å². The van der Waals surface area contributed by atoms with Gasteiger partial charge in [-0.3, -0.25) is 0 Å². The molecule has 2 heterocycles. The number of rotatable bonds is 2. The number of aromatic hydroxyl groups is 1. The summed E-state index contributed by atoms with van der Waals surface area (Å²) in [6.07, 6.45) is 5.90. The van der Waals surface area contributed by atoms with Gasteiger partial charge in [-0.25, -0.2) is 4.57 Å². The third-order valence-corrected chi connectivity index (χ3v) is 3.71. The van der Waals surface area contributed by atoms with Crippen LogP contribution in [0.4, 0.5) is 0 Å². The van der Waals surface area contributed by atoms with Crippen molar-refractivity contribution in [2.45, 2.75) is 12.8 Å². The van der Waals surface area contributed by atoms with Crippen LogP contribution in [0.3, 0.4) is 0 Å². The van der Waals surface area contributed by atoms with Crippen molar-refractivity contribution in [3.05, 3.63) is 60.0 Å². The third kappa shape index (κ3) is 1.97. The largest absolute Gasteiger partial charge is 0.507 e. The smallest absolute Gasteiger partial charge is 0.168 e. The molecule has 3 aromatic rings. The number of aryl methyl sites for hydroxylation is 1. The summed E-state index contributed by atoms with van der Waals surface area (Å²) >= 11 is 0. The van der Waals surface area contributed by atoms with Crippen LogP contribution in [-0.2, 0) is 7.05 Å². The van der Waals surface area contributed by atoms with Gasteiger partial charge in [-0.1, -0.05) is 13.0 Å². The minimum Gasteiger partial charge on any atom is -0.507 e. The summed E-state index contributed by atoms with van der Waals surface area (Å²) in [5, 5.41) is 11.3. The van der Waals surface area contributed by atoms with Crippen molar-refractivity contribution in [2.24, 2.45) is 7.05 Å². The number of benzene rings is 1. The summed E-state index contributed by atoms with van der Waals surface area (Å²) in [7, 11) is 2.00. The average Bonchev–Trinajstić information content (AvgIpc) is 2.88. The molecule has 2 N–H and O–H groups in total. The highest BCUT2D eigenvalue weighted by Gasteiger charge is 2.15. The molecule has 0 saturated heterocycles. The van der Waals surface area contributed by atoms with Crippen molar-refractivity contribution >= 4 is 10.9 Å². The van der Waals surface area contributed by atoms with Crippen LogP contribution in [0.25, 0.3) is 10.9 Å². The first-order valence-electron chi connectivity index (χ1n) is 6.41. The number of hydrogen-bond donors (Lipinski definition) is 2. The summed E-state index contributed by atoms with van der Waals surface area (Å²) in [4.78, 5) is 3.11. The monoisotopic (exact) mass is 253 g/mol. The maximum Gasteiger partial charge on any atom is 0.168 e. The number of H-pyrrole nitrogens is 1. The topological polar surface area (TPSA) is 39.9 Å². The van der Waals surface area contributed by atoms with E-state index in [1.54, 1.807) is 0 Å². The highest BCUT2D eigenvalue weighted by molar-refractivity contribution is 5.87. The Labute approximate surface area is 112 Å². The van der Waals surface area contributed by atoms with Crippen LogP contribution in [0.15, 0.2) is 48.9 Å². The average molecular weight is 253 g/mol. The van der Waals surface area contributed by atoms with Crippen molar-refractivity contribution < 1.29 is 9.67 Å². The number of nitrogens with one attached hydrogen (secondary N) is 1. The van der Waals surface area contributed by atoms with Gasteiger partial charge >= 0.3 is 0 Å². The zero-order valence-corrected chi connectivity index (χ0v) is 11.1. The van der Waals surface area contributed by atoms with Gasteiger partial charge in [0.15, 0.2) is 12.4 Å². The van der Waals surface area contributed by atoms with Crippen LogP contribution in [-0.4, -0.2) is 10.1 Å². The highest BCUT2D eigenvalue weighted by Crippen LogP contribution is 2.35. The molecule has 3 nitrogen and oxygen atoms in total. The van der Waals surface area contributed by atoms with E-state index < -0.39 is 0 Å². The number of pyridine rings is 1. The zero-order valence-electron chi connectivity index (χ0n) is 11.1. The third-order valence-electron chi connectivity index (χ3n) is 3.71. The van der Waals surface area contributed by atoms with E-state index in [2.05, 4.69) is 24.0 Å². The Morgan fingerprint density at radius 2 is 1.84 bits per heavy atom. The van der Waals surface area contributed by atoms with Gasteiger partial charge in [-0.2, -0.15) is 0 Å². The molecule has 0 aliphatic carbocycles. The first-order valence-corrected chi connectivity index (χ1v) is 6.41. The lowest BCUT2D eigenvalue weighted by atomic mass is 9.92. The molecule has 1 aromatic carbocycles. The van der Waals surface area contributed by atoms with Crippen LogP contribution in [0.5, 0.6) is 5.75 Å². The quantitative estimate of drug-likeness (QED) is 0.677. The van der Waals surface area contributed by atoms with Crippen LogP contribution >= 0.6 is 0 Å². The fourth-order valence-corrected chi connectivity index (χ4v) is 2.46. The molecule has 3 heteroatoms. The van der Waals surface area contributed by atoms with E-state index in [1.807, 2.05) is 48.4 Å². The molecule has 0 aliphatic rings. The van der Waals surface area contributed by atoms with Gasteiger partial charge in [0.25, 0.3) is 0 Å². The molecule has 0 saturated carbocycles. The van der Waals surface area contributed by atoms with Crippen molar-refractivity contribution in [3.63, 3.8) is 0 Å². The lowest BCUT2D eigenvalue weighted by molar-refractivity contribution is -0.671. The number of aromatic amines is 1. The van der Waals surface area contributed by atoms with E-state index >= 15 is 0 Å². The predicted molar refractivity (Wildman–Crippen MR) is 75.1 cm³/mol. The fourth-order valence-electron chi connectivity index (χ4n) is 2.46. The molecule has 96 valence electrons. The van der Waals surface area contributed by atoms with Gasteiger partial charge in [0.05, 0.1) is 0 Å². The van der Waals surface area contributed by atoms with Crippen LogP contribution in [0.1, 0.15) is 24.0 Å². The summed E-state index contributed by atoms with van der Waals surface area (Å²) in [6.45, 7) is 2.11. The predicted octanol–water partition coefficient (Wildman–Crippen LogP) is 2.85. The standard InChI is InChI=1S/C16H16N2O/c1-11(12-6-9-18(2)10-7-12)13-3-4-15-14(16(13)19)5-8-17-15/h3-11,17H,1-2H3/p+1. The minimum absolute atomic E-state index is 0.167. The molecule has 3 rings (SSSR count). The van der Waals surface area contributed by atoms with Gasteiger partial charge in [0.1, 0.15) is 12.8 Å². The lowest BCUT2D eigenvalue weighted by Crippen LogP contribution is -2.26. The zero-order chi connectivity index (χ0) is 13.4. The molecule has 0 radical (unpaired) electrons. The van der Waals surface area contributed by atoms with Gasteiger partial charge in [0, 0.05) is 40.7 Å². The molecule has 2 aromatic heterocycles. The summed E-state index contributed by atoms with van der Waals surface area (Å²) < 4.78 is 2.01. The fraction of sp³-hybridized carbons (Fsp3) is 0.188. The normalized spacial score (nSPS) is 12.7. The Kier molecular flexibility index (Phi) is 2.75. The minimum atomic E-state index is 0.167. The van der Waals surface area contributed by atoms with Crippen LogP contribution in [0.2, 0.25) is 0 Å². The second kappa shape index (κ2) is 4.43. The molecule has 19 heavy (non-hydrogen) atoms. The van der Waals surface area contributed by atoms with Gasteiger partial charge < -0.3 is 10.1 Å². The maximum atomic E-state index is 10.4. The second-order valence-electron chi connectivity index (χ2n) is 4.96. The van der Waals surface area contributed by atoms with Gasteiger partial charge in [0.2, 0.25) is 0 Å². The maximum absolute atomic E-state index is 10.4. The molecule has 0 aliphatic heterocycles. The first kappa shape index (κ1) is 11.8. The number of fused-ring (bicyclic) bond motifs is 1. The molecule has 0 spiro atoms. The van der Waals surface area contributed by atoms with E-state index in [0.29, 0.717) is 5.75 Å². The van der Waals surface area contributed by atoms with Crippen LogP contribution in [0, 0.1) is 0 Å². The van der Waals surface area contributed by atoms with Crippen LogP contribution < -0.4 is 4.57 Å². The number of phenols is 1. The molecular formula is C16H17N2O+. The van der Waals surface area contributed by atoms with E-state index in [0.717, 1.165) is 16.5 Å². The van der Waals surface area contributed by atoms with E-state index in [4.69, 9.17) is 0 Å². The van der Waals surface area contributed by atoms with E-state index in [-0.39, 0.29) is 5.92 Å². The van der Waals surface area contributed by atoms with E-state index in [1.165, 1.54) is 5.56 Å². The highest BCUT2D eigenvalue weighted by atomic mass is 16.3. The van der Waals surface area contributed by atoms with Crippen molar-refractivity contribution in [3.8, 4) is 5.75 Å². The molecule has 1 unspecified atom stereocenters. The van der Waals surface area contributed by atoms with Crippen molar-refractivity contribution in [2.75, 3.05) is 0 Å². The summed E-state index contributed by atoms with van der Waals surface area (Å²) in [6, 6.07) is 10.1. The number of aromatic nitrogens is 2. The second-order valence-corrected chi connectivity index (χ2v) is 4.96. The summed E-state index contributed by atoms with van der Waals surface area (Å²) in [5.41, 5.74) is 3.12.